The molecule has 1 aliphatic rings. The van der Waals surface area contributed by atoms with Crippen molar-refractivity contribution in [2.75, 3.05) is 6.61 Å². The van der Waals surface area contributed by atoms with Gasteiger partial charge in [-0.2, -0.15) is 0 Å². The Balaban J connectivity index is 1.59. The third kappa shape index (κ3) is 2.63. The van der Waals surface area contributed by atoms with Crippen LogP contribution < -0.4 is 15.2 Å². The molecule has 20 heavy (non-hydrogen) atoms. The molecule has 0 fully saturated rings. The van der Waals surface area contributed by atoms with Gasteiger partial charge in [0.15, 0.2) is 11.5 Å². The molecule has 2 atom stereocenters. The molecule has 1 aromatic carbocycles. The van der Waals surface area contributed by atoms with Gasteiger partial charge in [0.1, 0.15) is 18.5 Å². The van der Waals surface area contributed by atoms with E-state index in [-0.39, 0.29) is 12.1 Å². The Kier molecular flexibility index (Phi) is 3.60. The molecule has 5 nitrogen and oxygen atoms in total. The maximum Gasteiger partial charge on any atom is 0.161 e. The number of ether oxygens (including phenoxy) is 2. The van der Waals surface area contributed by atoms with Crippen LogP contribution in [-0.2, 0) is 13.5 Å². The lowest BCUT2D eigenvalue weighted by molar-refractivity contribution is 0.0700. The number of hydrogen-bond acceptors (Lipinski definition) is 4. The Morgan fingerprint density at radius 1 is 1.40 bits per heavy atom. The maximum absolute atomic E-state index is 6.23. The number of aryl methyl sites for hydroxylation is 2. The van der Waals surface area contributed by atoms with Crippen LogP contribution in [0.4, 0.5) is 0 Å². The van der Waals surface area contributed by atoms with E-state index < -0.39 is 0 Å². The van der Waals surface area contributed by atoms with Gasteiger partial charge in [-0.25, -0.2) is 4.98 Å². The van der Waals surface area contributed by atoms with Crippen LogP contribution in [-0.4, -0.2) is 28.3 Å². The molecule has 3 rings (SSSR count). The fourth-order valence-electron chi connectivity index (χ4n) is 2.37. The molecule has 1 aromatic heterocycles. The van der Waals surface area contributed by atoms with Gasteiger partial charge in [0.05, 0.1) is 0 Å². The van der Waals surface area contributed by atoms with E-state index in [1.54, 1.807) is 6.20 Å². The molecular formula is C15H19N3O2. The Hall–Kier alpha value is -2.01. The minimum absolute atomic E-state index is 0.0694. The number of aromatic nitrogens is 2. The highest BCUT2D eigenvalue weighted by Crippen LogP contribution is 2.31. The van der Waals surface area contributed by atoms with Crippen molar-refractivity contribution in [3.63, 3.8) is 0 Å². The summed E-state index contributed by atoms with van der Waals surface area (Å²) in [7, 11) is 1.99. The number of benzene rings is 1. The van der Waals surface area contributed by atoms with E-state index in [9.17, 15) is 0 Å². The van der Waals surface area contributed by atoms with Crippen molar-refractivity contribution in [3.8, 4) is 11.5 Å². The van der Waals surface area contributed by atoms with Crippen LogP contribution >= 0.6 is 0 Å². The third-order valence-electron chi connectivity index (χ3n) is 3.63. The van der Waals surface area contributed by atoms with Crippen LogP contribution in [0, 0.1) is 0 Å². The normalized spacial score (nSPS) is 18.8. The Morgan fingerprint density at radius 3 is 2.95 bits per heavy atom. The molecule has 0 bridgehead atoms. The molecule has 106 valence electrons. The lowest BCUT2D eigenvalue weighted by atomic mass is 10.1. The summed E-state index contributed by atoms with van der Waals surface area (Å²) in [4.78, 5) is 4.30. The molecule has 0 spiro atoms. The number of fused-ring (bicyclic) bond motifs is 1. The molecule has 0 radical (unpaired) electrons. The first kappa shape index (κ1) is 13.0. The summed E-state index contributed by atoms with van der Waals surface area (Å²) < 4.78 is 13.6. The zero-order valence-corrected chi connectivity index (χ0v) is 11.5. The van der Waals surface area contributed by atoms with Gasteiger partial charge in [0.25, 0.3) is 0 Å². The van der Waals surface area contributed by atoms with Crippen molar-refractivity contribution >= 4 is 0 Å². The molecule has 0 amide bonds. The molecule has 0 saturated carbocycles. The fourth-order valence-corrected chi connectivity index (χ4v) is 2.37. The average molecular weight is 273 g/mol. The van der Waals surface area contributed by atoms with Gasteiger partial charge in [0, 0.05) is 31.9 Å². The van der Waals surface area contributed by atoms with E-state index in [0.29, 0.717) is 6.61 Å². The summed E-state index contributed by atoms with van der Waals surface area (Å²) in [5.41, 5.74) is 6.23. The standard InChI is InChI=1S/C15H19N3O2/c1-18-9-8-17-15(18)7-6-11(16)14-10-19-12-4-2-3-5-13(12)20-14/h2-5,8-9,11,14H,6-7,10,16H2,1H3. The first-order valence-electron chi connectivity index (χ1n) is 6.84. The minimum Gasteiger partial charge on any atom is -0.486 e. The number of nitrogens with two attached hydrogens (primary N) is 1. The zero-order valence-electron chi connectivity index (χ0n) is 11.5. The van der Waals surface area contributed by atoms with Crippen molar-refractivity contribution in [2.24, 2.45) is 12.8 Å². The summed E-state index contributed by atoms with van der Waals surface area (Å²) >= 11 is 0. The lowest BCUT2D eigenvalue weighted by Crippen LogP contribution is -2.45. The van der Waals surface area contributed by atoms with Crippen molar-refractivity contribution in [2.45, 2.75) is 25.0 Å². The summed E-state index contributed by atoms with van der Waals surface area (Å²) in [5, 5.41) is 0. The number of rotatable bonds is 4. The van der Waals surface area contributed by atoms with Crippen LogP contribution in [0.15, 0.2) is 36.7 Å². The first-order valence-corrected chi connectivity index (χ1v) is 6.84. The highest BCUT2D eigenvalue weighted by atomic mass is 16.6. The smallest absolute Gasteiger partial charge is 0.161 e. The quantitative estimate of drug-likeness (QED) is 0.917. The maximum atomic E-state index is 6.23. The molecule has 0 saturated heterocycles. The van der Waals surface area contributed by atoms with E-state index in [1.807, 2.05) is 42.1 Å². The van der Waals surface area contributed by atoms with Crippen molar-refractivity contribution in [1.82, 2.24) is 9.55 Å². The van der Waals surface area contributed by atoms with Crippen LogP contribution in [0.25, 0.3) is 0 Å². The second-order valence-corrected chi connectivity index (χ2v) is 5.07. The van der Waals surface area contributed by atoms with Gasteiger partial charge in [0.2, 0.25) is 0 Å². The molecule has 2 aromatic rings. The van der Waals surface area contributed by atoms with Gasteiger partial charge in [-0.05, 0) is 18.6 Å². The summed E-state index contributed by atoms with van der Waals surface area (Å²) in [6, 6.07) is 7.62. The summed E-state index contributed by atoms with van der Waals surface area (Å²) in [6.07, 6.45) is 5.30. The van der Waals surface area contributed by atoms with Gasteiger partial charge < -0.3 is 19.8 Å². The monoisotopic (exact) mass is 273 g/mol. The largest absolute Gasteiger partial charge is 0.486 e. The Bertz CT molecular complexity index is 582. The minimum atomic E-state index is -0.106. The summed E-state index contributed by atoms with van der Waals surface area (Å²) in [5.74, 6) is 2.61. The van der Waals surface area contributed by atoms with Gasteiger partial charge in [-0.1, -0.05) is 12.1 Å². The predicted molar refractivity (Wildman–Crippen MR) is 75.9 cm³/mol. The van der Waals surface area contributed by atoms with Gasteiger partial charge in [-0.3, -0.25) is 0 Å². The van der Waals surface area contributed by atoms with Crippen LogP contribution in [0.5, 0.6) is 11.5 Å². The molecule has 2 N–H and O–H groups in total. The van der Waals surface area contributed by atoms with E-state index in [1.165, 1.54) is 0 Å². The molecule has 1 aliphatic heterocycles. The second-order valence-electron chi connectivity index (χ2n) is 5.07. The van der Waals surface area contributed by atoms with Crippen LogP contribution in [0.1, 0.15) is 12.2 Å². The van der Waals surface area contributed by atoms with Crippen LogP contribution in [0.2, 0.25) is 0 Å². The van der Waals surface area contributed by atoms with Crippen molar-refractivity contribution in [3.05, 3.63) is 42.5 Å². The fraction of sp³-hybridized carbons (Fsp3) is 0.400. The second kappa shape index (κ2) is 5.54. The van der Waals surface area contributed by atoms with Gasteiger partial charge >= 0.3 is 0 Å². The highest BCUT2D eigenvalue weighted by molar-refractivity contribution is 5.40. The Labute approximate surface area is 118 Å². The van der Waals surface area contributed by atoms with E-state index in [2.05, 4.69) is 4.98 Å². The zero-order chi connectivity index (χ0) is 13.9. The SMILES string of the molecule is Cn1ccnc1CCC(N)C1COc2ccccc2O1. The first-order chi connectivity index (χ1) is 9.74. The van der Waals surface area contributed by atoms with Gasteiger partial charge in [-0.15, -0.1) is 0 Å². The van der Waals surface area contributed by atoms with Crippen LogP contribution in [0.3, 0.4) is 0 Å². The summed E-state index contributed by atoms with van der Waals surface area (Å²) in [6.45, 7) is 0.499. The van der Waals surface area contributed by atoms with E-state index >= 15 is 0 Å². The predicted octanol–water partition coefficient (Wildman–Crippen LogP) is 1.52. The molecule has 2 unspecified atom stereocenters. The van der Waals surface area contributed by atoms with Crippen molar-refractivity contribution < 1.29 is 9.47 Å². The average Bonchev–Trinajstić information content (AvgIpc) is 2.89. The lowest BCUT2D eigenvalue weighted by Gasteiger charge is -2.30. The topological polar surface area (TPSA) is 62.3 Å². The molecule has 0 aliphatic carbocycles. The highest BCUT2D eigenvalue weighted by Gasteiger charge is 2.26. The number of hydrogen-bond donors (Lipinski definition) is 1. The van der Waals surface area contributed by atoms with E-state index in [0.717, 1.165) is 30.2 Å². The van der Waals surface area contributed by atoms with Crippen molar-refractivity contribution in [1.29, 1.82) is 0 Å². The number of para-hydroxylation sites is 2. The Morgan fingerprint density at radius 2 is 2.20 bits per heavy atom. The molecule has 5 heteroatoms. The number of imidazole rings is 1. The number of nitrogens with zero attached hydrogens (tertiary/aromatic N) is 2. The van der Waals surface area contributed by atoms with E-state index in [4.69, 9.17) is 15.2 Å². The molecular weight excluding hydrogens is 254 g/mol. The third-order valence-corrected chi connectivity index (χ3v) is 3.63. The molecule has 2 heterocycles.